The van der Waals surface area contributed by atoms with Crippen molar-refractivity contribution in [3.63, 3.8) is 0 Å². The summed E-state index contributed by atoms with van der Waals surface area (Å²) >= 11 is 1.43. The zero-order valence-electron chi connectivity index (χ0n) is 12.8. The SMILES string of the molecule is COC1CC(C(=O)O)N(C(=O)c2nc(SC)n3ccccc23)C1. The molecule has 122 valence electrons. The Bertz CT molecular complexity index is 760. The number of carboxylic acids is 1. The van der Waals surface area contributed by atoms with Crippen molar-refractivity contribution in [3.8, 4) is 0 Å². The first-order valence-corrected chi connectivity index (χ1v) is 8.37. The monoisotopic (exact) mass is 335 g/mol. The van der Waals surface area contributed by atoms with E-state index in [0.29, 0.717) is 17.1 Å². The van der Waals surface area contributed by atoms with Crippen molar-refractivity contribution in [2.75, 3.05) is 19.9 Å². The van der Waals surface area contributed by atoms with Crippen LogP contribution in [0.3, 0.4) is 0 Å². The van der Waals surface area contributed by atoms with Gasteiger partial charge in [-0.2, -0.15) is 0 Å². The largest absolute Gasteiger partial charge is 0.480 e. The lowest BCUT2D eigenvalue weighted by molar-refractivity contribution is -0.141. The number of pyridine rings is 1. The summed E-state index contributed by atoms with van der Waals surface area (Å²) in [5.74, 6) is -1.40. The average Bonchev–Trinajstić information content (AvgIpc) is 3.16. The van der Waals surface area contributed by atoms with Gasteiger partial charge in [-0.1, -0.05) is 17.8 Å². The summed E-state index contributed by atoms with van der Waals surface area (Å²) in [6, 6.07) is 4.61. The van der Waals surface area contributed by atoms with Crippen molar-refractivity contribution in [3.05, 3.63) is 30.1 Å². The molecule has 1 aliphatic rings. The number of hydrogen-bond acceptors (Lipinski definition) is 5. The van der Waals surface area contributed by atoms with Gasteiger partial charge in [0, 0.05) is 26.3 Å². The maximum Gasteiger partial charge on any atom is 0.326 e. The van der Waals surface area contributed by atoms with Crippen LogP contribution in [0.5, 0.6) is 0 Å². The number of thioether (sulfide) groups is 1. The highest BCUT2D eigenvalue weighted by atomic mass is 32.2. The first-order chi connectivity index (χ1) is 11.1. The van der Waals surface area contributed by atoms with E-state index in [2.05, 4.69) is 4.98 Å². The summed E-state index contributed by atoms with van der Waals surface area (Å²) in [6.07, 6.45) is 3.74. The van der Waals surface area contributed by atoms with E-state index in [9.17, 15) is 14.7 Å². The third kappa shape index (κ3) is 2.68. The fraction of sp³-hybridized carbons (Fsp3) is 0.400. The average molecular weight is 335 g/mol. The Morgan fingerprint density at radius 3 is 2.87 bits per heavy atom. The molecular weight excluding hydrogens is 318 g/mol. The number of carboxylic acid groups (broad SMARTS) is 1. The third-order valence-corrected chi connectivity index (χ3v) is 4.70. The van der Waals surface area contributed by atoms with Gasteiger partial charge in [-0.25, -0.2) is 9.78 Å². The summed E-state index contributed by atoms with van der Waals surface area (Å²) in [7, 11) is 1.52. The van der Waals surface area contributed by atoms with Crippen LogP contribution in [0.25, 0.3) is 5.52 Å². The fourth-order valence-corrected chi connectivity index (χ4v) is 3.41. The first-order valence-electron chi connectivity index (χ1n) is 7.14. The van der Waals surface area contributed by atoms with E-state index in [4.69, 9.17) is 4.74 Å². The van der Waals surface area contributed by atoms with Gasteiger partial charge in [0.2, 0.25) is 0 Å². The highest BCUT2D eigenvalue weighted by Crippen LogP contribution is 2.26. The molecule has 1 amide bonds. The van der Waals surface area contributed by atoms with Crippen molar-refractivity contribution in [2.24, 2.45) is 0 Å². The number of carbonyl (C=O) groups excluding carboxylic acids is 1. The minimum Gasteiger partial charge on any atom is -0.480 e. The Morgan fingerprint density at radius 2 is 2.22 bits per heavy atom. The van der Waals surface area contributed by atoms with Gasteiger partial charge >= 0.3 is 5.97 Å². The summed E-state index contributed by atoms with van der Waals surface area (Å²) in [4.78, 5) is 30.1. The highest BCUT2D eigenvalue weighted by Gasteiger charge is 2.41. The zero-order valence-corrected chi connectivity index (χ0v) is 13.6. The summed E-state index contributed by atoms with van der Waals surface area (Å²) in [6.45, 7) is 0.257. The number of rotatable bonds is 4. The lowest BCUT2D eigenvalue weighted by atomic mass is 10.2. The van der Waals surface area contributed by atoms with Crippen molar-refractivity contribution < 1.29 is 19.4 Å². The van der Waals surface area contributed by atoms with Gasteiger partial charge in [0.05, 0.1) is 11.6 Å². The molecule has 0 bridgehead atoms. The molecule has 23 heavy (non-hydrogen) atoms. The number of fused-ring (bicyclic) bond motifs is 1. The standard InChI is InChI=1S/C15H17N3O4S/c1-22-9-7-11(14(20)21)18(8-9)13(19)12-10-5-3-4-6-17(10)15(16-12)23-2/h3-6,9,11H,7-8H2,1-2H3,(H,20,21). The van der Waals surface area contributed by atoms with Crippen LogP contribution in [-0.2, 0) is 9.53 Å². The molecule has 7 nitrogen and oxygen atoms in total. The molecule has 3 heterocycles. The summed E-state index contributed by atoms with van der Waals surface area (Å²) in [5.41, 5.74) is 0.949. The van der Waals surface area contributed by atoms with Gasteiger partial charge in [-0.15, -0.1) is 0 Å². The number of likely N-dealkylation sites (tertiary alicyclic amines) is 1. The third-order valence-electron chi connectivity index (χ3n) is 4.04. The molecule has 0 aromatic carbocycles. The van der Waals surface area contributed by atoms with E-state index in [1.54, 1.807) is 6.07 Å². The van der Waals surface area contributed by atoms with E-state index in [1.807, 2.05) is 29.0 Å². The van der Waals surface area contributed by atoms with Gasteiger partial charge in [0.15, 0.2) is 10.9 Å². The predicted octanol–water partition coefficient (Wildman–Crippen LogP) is 1.37. The van der Waals surface area contributed by atoms with E-state index >= 15 is 0 Å². The summed E-state index contributed by atoms with van der Waals surface area (Å²) < 4.78 is 7.07. The van der Waals surface area contributed by atoms with Crippen molar-refractivity contribution in [2.45, 2.75) is 23.7 Å². The molecule has 0 aliphatic carbocycles. The Hall–Kier alpha value is -2.06. The molecule has 0 radical (unpaired) electrons. The molecule has 8 heteroatoms. The van der Waals surface area contributed by atoms with E-state index in [-0.39, 0.29) is 24.2 Å². The van der Waals surface area contributed by atoms with E-state index in [0.717, 1.165) is 0 Å². The van der Waals surface area contributed by atoms with Crippen molar-refractivity contribution in [1.29, 1.82) is 0 Å². The van der Waals surface area contributed by atoms with E-state index < -0.39 is 12.0 Å². The van der Waals surface area contributed by atoms with Crippen LogP contribution in [0, 0.1) is 0 Å². The second-order valence-corrected chi connectivity index (χ2v) is 6.08. The van der Waals surface area contributed by atoms with Crippen LogP contribution >= 0.6 is 11.8 Å². The van der Waals surface area contributed by atoms with Crippen LogP contribution in [0.4, 0.5) is 0 Å². The van der Waals surface area contributed by atoms with Crippen LogP contribution in [-0.4, -0.2) is 63.3 Å². The fourth-order valence-electron chi connectivity index (χ4n) is 2.87. The number of nitrogens with zero attached hydrogens (tertiary/aromatic N) is 3. The van der Waals surface area contributed by atoms with Gasteiger partial charge in [-0.3, -0.25) is 9.20 Å². The molecular formula is C15H17N3O4S. The zero-order chi connectivity index (χ0) is 16.6. The topological polar surface area (TPSA) is 84.1 Å². The van der Waals surface area contributed by atoms with Crippen LogP contribution < -0.4 is 0 Å². The lowest BCUT2D eigenvalue weighted by Gasteiger charge is -2.20. The van der Waals surface area contributed by atoms with Gasteiger partial charge in [0.1, 0.15) is 6.04 Å². The van der Waals surface area contributed by atoms with Gasteiger partial charge in [-0.05, 0) is 18.4 Å². The molecule has 1 saturated heterocycles. The second kappa shape index (κ2) is 6.21. The second-order valence-electron chi connectivity index (χ2n) is 5.31. The number of amides is 1. The Labute approximate surface area is 137 Å². The molecule has 3 rings (SSSR count). The van der Waals surface area contributed by atoms with E-state index in [1.165, 1.54) is 23.8 Å². The van der Waals surface area contributed by atoms with Crippen LogP contribution in [0.15, 0.2) is 29.6 Å². The maximum atomic E-state index is 12.9. The quantitative estimate of drug-likeness (QED) is 0.850. The molecule has 1 N–H and O–H groups in total. The number of carbonyl (C=O) groups is 2. The molecule has 2 aromatic heterocycles. The van der Waals surface area contributed by atoms with Crippen LogP contribution in [0.1, 0.15) is 16.9 Å². The number of aliphatic carboxylic acids is 1. The Balaban J connectivity index is 2.01. The number of hydrogen-bond donors (Lipinski definition) is 1. The minimum absolute atomic E-state index is 0.257. The van der Waals surface area contributed by atoms with Crippen LogP contribution in [0.2, 0.25) is 0 Å². The normalized spacial score (nSPS) is 21.0. The van der Waals surface area contributed by atoms with Gasteiger partial charge in [0.25, 0.3) is 5.91 Å². The molecule has 1 fully saturated rings. The summed E-state index contributed by atoms with van der Waals surface area (Å²) in [5, 5.41) is 10.1. The Kier molecular flexibility index (Phi) is 4.27. The number of aromatic nitrogens is 2. The molecule has 0 spiro atoms. The number of imidazole rings is 1. The van der Waals surface area contributed by atoms with Gasteiger partial charge < -0.3 is 14.7 Å². The molecule has 2 aromatic rings. The number of methoxy groups -OCH3 is 1. The molecule has 1 aliphatic heterocycles. The first kappa shape index (κ1) is 15.8. The smallest absolute Gasteiger partial charge is 0.326 e. The maximum absolute atomic E-state index is 12.9. The minimum atomic E-state index is -1.02. The molecule has 2 unspecified atom stereocenters. The molecule has 0 saturated carbocycles. The predicted molar refractivity (Wildman–Crippen MR) is 84.8 cm³/mol. The van der Waals surface area contributed by atoms with Crippen molar-refractivity contribution >= 4 is 29.2 Å². The number of ether oxygens (including phenoxy) is 1. The Morgan fingerprint density at radius 1 is 1.43 bits per heavy atom. The van der Waals surface area contributed by atoms with Crippen molar-refractivity contribution in [1.82, 2.24) is 14.3 Å². The molecule has 2 atom stereocenters. The highest BCUT2D eigenvalue weighted by molar-refractivity contribution is 7.98. The lowest BCUT2D eigenvalue weighted by Crippen LogP contribution is -2.40.